The van der Waals surface area contributed by atoms with Crippen molar-refractivity contribution in [3.8, 4) is 0 Å². The van der Waals surface area contributed by atoms with Crippen LogP contribution < -0.4 is 5.73 Å². The van der Waals surface area contributed by atoms with Crippen LogP contribution in [-0.2, 0) is 9.59 Å². The highest BCUT2D eigenvalue weighted by atomic mass is 16.4. The van der Waals surface area contributed by atoms with Crippen LogP contribution >= 0.6 is 0 Å². The van der Waals surface area contributed by atoms with Crippen molar-refractivity contribution in [3.05, 3.63) is 0 Å². The van der Waals surface area contributed by atoms with Gasteiger partial charge in [-0.1, -0.05) is 0 Å². The molecule has 0 bridgehead atoms. The zero-order valence-corrected chi connectivity index (χ0v) is 7.85. The molecule has 0 radical (unpaired) electrons. The lowest BCUT2D eigenvalue weighted by Crippen LogP contribution is -2.33. The minimum Gasteiger partial charge on any atom is -0.481 e. The zero-order chi connectivity index (χ0) is 10.3. The molecule has 0 spiro atoms. The molecule has 1 saturated heterocycles. The van der Waals surface area contributed by atoms with Crippen molar-refractivity contribution in [3.63, 3.8) is 0 Å². The molecule has 2 fully saturated rings. The summed E-state index contributed by atoms with van der Waals surface area (Å²) in [5, 5.41) is 8.67. The second-order valence-electron chi connectivity index (χ2n) is 4.12. The van der Waals surface area contributed by atoms with Gasteiger partial charge in [-0.25, -0.2) is 0 Å². The predicted molar refractivity (Wildman–Crippen MR) is 48.4 cm³/mol. The summed E-state index contributed by atoms with van der Waals surface area (Å²) in [6, 6.07) is 0.0704. The number of hydrogen-bond acceptors (Lipinski definition) is 3. The lowest BCUT2D eigenvalue weighted by atomic mass is 10.3. The number of carbonyl (C=O) groups excluding carboxylic acids is 1. The summed E-state index contributed by atoms with van der Waals surface area (Å²) < 4.78 is 0. The predicted octanol–water partition coefficient (Wildman–Crippen LogP) is -0.733. The van der Waals surface area contributed by atoms with Gasteiger partial charge < -0.3 is 15.7 Å². The monoisotopic (exact) mass is 198 g/mol. The van der Waals surface area contributed by atoms with Gasteiger partial charge in [-0.2, -0.15) is 0 Å². The Hall–Kier alpha value is -1.10. The summed E-state index contributed by atoms with van der Waals surface area (Å²) in [6.07, 6.45) is 1.33. The molecular formula is C9H14N2O3. The number of rotatable bonds is 2. The largest absolute Gasteiger partial charge is 0.481 e. The minimum atomic E-state index is -0.855. The topological polar surface area (TPSA) is 83.6 Å². The summed E-state index contributed by atoms with van der Waals surface area (Å²) in [5.74, 6) is -1.60. The third-order valence-electron chi connectivity index (χ3n) is 2.96. The molecule has 3 atom stereocenters. The molecule has 1 aliphatic carbocycles. The Morgan fingerprint density at radius 1 is 1.36 bits per heavy atom. The standard InChI is InChI=1S/C9H14N2O3/c10-5-1-2-11(4-5)8(12)6-3-7(6)9(13)14/h5-7H,1-4,10H2,(H,13,14)/t5-,6+,7-/m0/s1. The molecule has 3 N–H and O–H groups in total. The molecule has 0 aromatic rings. The van der Waals surface area contributed by atoms with E-state index in [9.17, 15) is 9.59 Å². The summed E-state index contributed by atoms with van der Waals surface area (Å²) >= 11 is 0. The molecule has 1 saturated carbocycles. The fraction of sp³-hybridized carbons (Fsp3) is 0.778. The fourth-order valence-electron chi connectivity index (χ4n) is 1.96. The van der Waals surface area contributed by atoms with Gasteiger partial charge in [-0.05, 0) is 12.8 Å². The molecule has 0 unspecified atom stereocenters. The number of hydrogen-bond donors (Lipinski definition) is 2. The minimum absolute atomic E-state index is 0.0228. The van der Waals surface area contributed by atoms with Gasteiger partial charge in [0, 0.05) is 19.1 Å². The van der Waals surface area contributed by atoms with Gasteiger partial charge in [0.25, 0.3) is 0 Å². The maximum absolute atomic E-state index is 11.7. The molecule has 0 aromatic heterocycles. The van der Waals surface area contributed by atoms with E-state index in [2.05, 4.69) is 0 Å². The van der Waals surface area contributed by atoms with Crippen molar-refractivity contribution in [2.45, 2.75) is 18.9 Å². The fourth-order valence-corrected chi connectivity index (χ4v) is 1.96. The molecule has 2 aliphatic rings. The van der Waals surface area contributed by atoms with Gasteiger partial charge in [-0.15, -0.1) is 0 Å². The maximum atomic E-state index is 11.7. The van der Waals surface area contributed by atoms with E-state index in [-0.39, 0.29) is 17.9 Å². The van der Waals surface area contributed by atoms with Crippen molar-refractivity contribution < 1.29 is 14.7 Å². The molecule has 0 aromatic carbocycles. The number of carboxylic acid groups (broad SMARTS) is 1. The smallest absolute Gasteiger partial charge is 0.307 e. The van der Waals surface area contributed by atoms with Gasteiger partial charge in [0.05, 0.1) is 11.8 Å². The van der Waals surface area contributed by atoms with E-state index < -0.39 is 11.9 Å². The Bertz CT molecular complexity index is 279. The number of carboxylic acids is 1. The lowest BCUT2D eigenvalue weighted by Gasteiger charge is -2.15. The van der Waals surface area contributed by atoms with Crippen LogP contribution in [0.3, 0.4) is 0 Å². The number of aliphatic carboxylic acids is 1. The van der Waals surface area contributed by atoms with E-state index in [1.165, 1.54) is 0 Å². The van der Waals surface area contributed by atoms with E-state index in [1.807, 2.05) is 0 Å². The van der Waals surface area contributed by atoms with Crippen LogP contribution in [0, 0.1) is 11.8 Å². The van der Waals surface area contributed by atoms with E-state index in [4.69, 9.17) is 10.8 Å². The number of carbonyl (C=O) groups is 2. The summed E-state index contributed by atoms with van der Waals surface area (Å²) in [6.45, 7) is 1.27. The normalized spacial score (nSPS) is 35.8. The van der Waals surface area contributed by atoms with Crippen molar-refractivity contribution in [2.24, 2.45) is 17.6 Å². The van der Waals surface area contributed by atoms with Gasteiger partial charge in [0.15, 0.2) is 0 Å². The second-order valence-corrected chi connectivity index (χ2v) is 4.12. The number of amides is 1. The number of nitrogens with two attached hydrogens (primary N) is 1. The van der Waals surface area contributed by atoms with Gasteiger partial charge >= 0.3 is 5.97 Å². The molecular weight excluding hydrogens is 184 g/mol. The first kappa shape index (κ1) is 9.45. The third-order valence-corrected chi connectivity index (χ3v) is 2.96. The summed E-state index contributed by atoms with van der Waals surface area (Å²) in [7, 11) is 0. The molecule has 1 amide bonds. The van der Waals surface area contributed by atoms with Crippen LogP contribution in [0.25, 0.3) is 0 Å². The molecule has 2 rings (SSSR count). The van der Waals surface area contributed by atoms with Gasteiger partial charge in [-0.3, -0.25) is 9.59 Å². The van der Waals surface area contributed by atoms with Crippen molar-refractivity contribution >= 4 is 11.9 Å². The van der Waals surface area contributed by atoms with Crippen LogP contribution in [0.1, 0.15) is 12.8 Å². The van der Waals surface area contributed by atoms with Gasteiger partial charge in [0.2, 0.25) is 5.91 Å². The van der Waals surface area contributed by atoms with Crippen LogP contribution in [0.15, 0.2) is 0 Å². The second kappa shape index (κ2) is 3.24. The molecule has 1 heterocycles. The van der Waals surface area contributed by atoms with Crippen molar-refractivity contribution in [2.75, 3.05) is 13.1 Å². The van der Waals surface area contributed by atoms with Crippen molar-refractivity contribution in [1.29, 1.82) is 0 Å². The average molecular weight is 198 g/mol. The number of likely N-dealkylation sites (tertiary alicyclic amines) is 1. The quantitative estimate of drug-likeness (QED) is 0.612. The van der Waals surface area contributed by atoms with Gasteiger partial charge in [0.1, 0.15) is 0 Å². The summed E-state index contributed by atoms with van der Waals surface area (Å²) in [5.41, 5.74) is 5.67. The third kappa shape index (κ3) is 1.59. The molecule has 5 nitrogen and oxygen atoms in total. The average Bonchev–Trinajstić information content (AvgIpc) is 2.82. The molecule has 78 valence electrons. The van der Waals surface area contributed by atoms with E-state index in [1.54, 1.807) is 4.90 Å². The van der Waals surface area contributed by atoms with Crippen LogP contribution in [0.5, 0.6) is 0 Å². The Balaban J connectivity index is 1.88. The highest BCUT2D eigenvalue weighted by Crippen LogP contribution is 2.40. The first-order valence-corrected chi connectivity index (χ1v) is 4.86. The molecule has 5 heteroatoms. The van der Waals surface area contributed by atoms with Crippen LogP contribution in [-0.4, -0.2) is 41.0 Å². The Kier molecular flexibility index (Phi) is 2.19. The molecule has 14 heavy (non-hydrogen) atoms. The zero-order valence-electron chi connectivity index (χ0n) is 7.85. The maximum Gasteiger partial charge on any atom is 0.307 e. The lowest BCUT2D eigenvalue weighted by molar-refractivity contribution is -0.141. The van der Waals surface area contributed by atoms with Crippen LogP contribution in [0.4, 0.5) is 0 Å². The van der Waals surface area contributed by atoms with E-state index in [0.717, 1.165) is 6.42 Å². The summed E-state index contributed by atoms with van der Waals surface area (Å²) in [4.78, 5) is 23.9. The Morgan fingerprint density at radius 2 is 2.07 bits per heavy atom. The first-order valence-electron chi connectivity index (χ1n) is 4.86. The van der Waals surface area contributed by atoms with Crippen molar-refractivity contribution in [1.82, 2.24) is 4.90 Å². The Morgan fingerprint density at radius 3 is 2.50 bits per heavy atom. The van der Waals surface area contributed by atoms with E-state index in [0.29, 0.717) is 19.5 Å². The molecule has 1 aliphatic heterocycles. The highest BCUT2D eigenvalue weighted by Gasteiger charge is 2.50. The van der Waals surface area contributed by atoms with E-state index >= 15 is 0 Å². The SMILES string of the molecule is N[C@H]1CCN(C(=O)[C@@H]2C[C@@H]2C(=O)O)C1. The highest BCUT2D eigenvalue weighted by molar-refractivity contribution is 5.89. The number of nitrogens with zero attached hydrogens (tertiary/aromatic N) is 1. The van der Waals surface area contributed by atoms with Crippen LogP contribution in [0.2, 0.25) is 0 Å². The Labute approximate surface area is 81.9 Å². The first-order chi connectivity index (χ1) is 6.59.